The van der Waals surface area contributed by atoms with Crippen LogP contribution in [0.25, 0.3) is 10.9 Å². The molecule has 90 valence electrons. The predicted molar refractivity (Wildman–Crippen MR) is 69.5 cm³/mol. The smallest absolute Gasteiger partial charge is 0.180 e. The minimum atomic E-state index is -3.36. The molecule has 0 aliphatic carbocycles. The van der Waals surface area contributed by atoms with E-state index in [1.165, 1.54) is 12.3 Å². The summed E-state index contributed by atoms with van der Waals surface area (Å²) in [6.07, 6.45) is 1.46. The zero-order chi connectivity index (χ0) is 12.5. The highest BCUT2D eigenvalue weighted by Crippen LogP contribution is 2.24. The van der Waals surface area contributed by atoms with Gasteiger partial charge in [0.1, 0.15) is 0 Å². The topological polar surface area (TPSA) is 47.0 Å². The molecule has 0 amide bonds. The van der Waals surface area contributed by atoms with Crippen LogP contribution >= 0.6 is 23.2 Å². The van der Waals surface area contributed by atoms with E-state index in [0.717, 1.165) is 0 Å². The number of pyridine rings is 1. The molecule has 0 fully saturated rings. The molecule has 0 spiro atoms. The van der Waals surface area contributed by atoms with Crippen molar-refractivity contribution in [1.29, 1.82) is 0 Å². The third-order valence-electron chi connectivity index (χ3n) is 2.35. The first-order valence-corrected chi connectivity index (χ1v) is 7.44. The molecule has 2 aromatic rings. The van der Waals surface area contributed by atoms with E-state index in [4.69, 9.17) is 23.2 Å². The second kappa shape index (κ2) is 4.80. The van der Waals surface area contributed by atoms with Gasteiger partial charge in [-0.25, -0.2) is 8.42 Å². The molecule has 0 atom stereocenters. The third kappa shape index (κ3) is 2.54. The van der Waals surface area contributed by atoms with Gasteiger partial charge in [-0.3, -0.25) is 4.98 Å². The van der Waals surface area contributed by atoms with Crippen molar-refractivity contribution in [1.82, 2.24) is 4.98 Å². The van der Waals surface area contributed by atoms with E-state index < -0.39 is 9.84 Å². The lowest BCUT2D eigenvalue weighted by molar-refractivity contribution is 0.598. The Bertz CT molecular complexity index is 656. The van der Waals surface area contributed by atoms with E-state index in [0.29, 0.717) is 15.9 Å². The van der Waals surface area contributed by atoms with Gasteiger partial charge in [-0.2, -0.15) is 0 Å². The first kappa shape index (κ1) is 12.6. The maximum Gasteiger partial charge on any atom is 0.180 e. The normalized spacial score (nSPS) is 11.9. The van der Waals surface area contributed by atoms with Crippen LogP contribution in [-0.2, 0) is 9.84 Å². The van der Waals surface area contributed by atoms with Crippen LogP contribution in [0.1, 0.15) is 0 Å². The van der Waals surface area contributed by atoms with E-state index >= 15 is 0 Å². The third-order valence-corrected chi connectivity index (χ3v) is 4.76. The van der Waals surface area contributed by atoms with E-state index in [1.54, 1.807) is 18.2 Å². The van der Waals surface area contributed by atoms with Gasteiger partial charge < -0.3 is 0 Å². The Balaban J connectivity index is 2.71. The molecule has 0 saturated heterocycles. The molecule has 0 N–H and O–H groups in total. The standard InChI is InChI=1S/C11H9Cl2NO2S/c12-4-6-17(15,16)11-3-5-14-10-7-8(13)1-2-9(10)11/h1-3,5,7H,4,6H2. The van der Waals surface area contributed by atoms with Crippen molar-refractivity contribution in [3.8, 4) is 0 Å². The number of aromatic nitrogens is 1. The minimum absolute atomic E-state index is 0.0692. The fourth-order valence-corrected chi connectivity index (χ4v) is 3.55. The molecule has 3 nitrogen and oxygen atoms in total. The largest absolute Gasteiger partial charge is 0.256 e. The van der Waals surface area contributed by atoms with Crippen molar-refractivity contribution < 1.29 is 8.42 Å². The fourth-order valence-electron chi connectivity index (χ4n) is 1.58. The van der Waals surface area contributed by atoms with Crippen molar-refractivity contribution in [2.24, 2.45) is 0 Å². The molecule has 1 aromatic heterocycles. The Labute approximate surface area is 109 Å². The molecule has 0 bridgehead atoms. The van der Waals surface area contributed by atoms with Crippen LogP contribution in [-0.4, -0.2) is 25.0 Å². The number of sulfone groups is 1. The quantitative estimate of drug-likeness (QED) is 0.817. The molecule has 0 unspecified atom stereocenters. The lowest BCUT2D eigenvalue weighted by atomic mass is 10.2. The molecule has 6 heteroatoms. The monoisotopic (exact) mass is 289 g/mol. The summed E-state index contributed by atoms with van der Waals surface area (Å²) in [5, 5.41) is 1.10. The Morgan fingerprint density at radius 2 is 2.00 bits per heavy atom. The van der Waals surface area contributed by atoms with Crippen molar-refractivity contribution in [2.75, 3.05) is 11.6 Å². The lowest BCUT2D eigenvalue weighted by Gasteiger charge is -2.06. The summed E-state index contributed by atoms with van der Waals surface area (Å²) in [6.45, 7) is 0. The van der Waals surface area contributed by atoms with Crippen molar-refractivity contribution in [3.05, 3.63) is 35.5 Å². The highest BCUT2D eigenvalue weighted by molar-refractivity contribution is 7.91. The van der Waals surface area contributed by atoms with Gasteiger partial charge in [0.15, 0.2) is 9.84 Å². The van der Waals surface area contributed by atoms with Crippen molar-refractivity contribution in [3.63, 3.8) is 0 Å². The van der Waals surface area contributed by atoms with Crippen LogP contribution in [0.4, 0.5) is 0 Å². The highest BCUT2D eigenvalue weighted by atomic mass is 35.5. The maximum absolute atomic E-state index is 12.0. The SMILES string of the molecule is O=S(=O)(CCCl)c1ccnc2cc(Cl)ccc12. The summed E-state index contributed by atoms with van der Waals surface area (Å²) in [5.74, 6) is -0.0178. The Morgan fingerprint density at radius 3 is 2.71 bits per heavy atom. The van der Waals surface area contributed by atoms with Gasteiger partial charge in [0, 0.05) is 22.5 Å². The first-order valence-electron chi connectivity index (χ1n) is 4.87. The zero-order valence-corrected chi connectivity index (χ0v) is 11.1. The molecule has 1 aromatic carbocycles. The van der Waals surface area contributed by atoms with E-state index in [1.807, 2.05) is 0 Å². The number of benzene rings is 1. The first-order chi connectivity index (χ1) is 8.04. The summed E-state index contributed by atoms with van der Waals surface area (Å²) in [6, 6.07) is 6.42. The molecule has 0 saturated carbocycles. The average Bonchev–Trinajstić information content (AvgIpc) is 2.27. The fraction of sp³-hybridized carbons (Fsp3) is 0.182. The summed E-state index contributed by atoms with van der Waals surface area (Å²) in [4.78, 5) is 4.34. The van der Waals surface area contributed by atoms with Crippen LogP contribution in [0.5, 0.6) is 0 Å². The molecule has 0 aliphatic rings. The number of halogens is 2. The van der Waals surface area contributed by atoms with Gasteiger partial charge in [-0.15, -0.1) is 11.6 Å². The molecule has 0 aliphatic heterocycles. The number of alkyl halides is 1. The van der Waals surface area contributed by atoms with E-state index in [-0.39, 0.29) is 16.5 Å². The number of hydrogen-bond donors (Lipinski definition) is 0. The Kier molecular flexibility index (Phi) is 3.56. The predicted octanol–water partition coefficient (Wildman–Crippen LogP) is 2.90. The van der Waals surface area contributed by atoms with Crippen LogP contribution in [0.2, 0.25) is 5.02 Å². The molecule has 1 heterocycles. The molecule has 17 heavy (non-hydrogen) atoms. The van der Waals surface area contributed by atoms with Gasteiger partial charge in [-0.1, -0.05) is 17.7 Å². The zero-order valence-electron chi connectivity index (χ0n) is 8.73. The van der Waals surface area contributed by atoms with Crippen LogP contribution in [0, 0.1) is 0 Å². The van der Waals surface area contributed by atoms with Gasteiger partial charge in [0.2, 0.25) is 0 Å². The summed E-state index contributed by atoms with van der Waals surface area (Å²) in [7, 11) is -3.36. The summed E-state index contributed by atoms with van der Waals surface area (Å²) in [5.41, 5.74) is 0.563. The van der Waals surface area contributed by atoms with Gasteiger partial charge in [-0.05, 0) is 18.2 Å². The van der Waals surface area contributed by atoms with Gasteiger partial charge >= 0.3 is 0 Å². The number of fused-ring (bicyclic) bond motifs is 1. The number of nitrogens with zero attached hydrogens (tertiary/aromatic N) is 1. The van der Waals surface area contributed by atoms with Crippen molar-refractivity contribution in [2.45, 2.75) is 4.90 Å². The van der Waals surface area contributed by atoms with Crippen molar-refractivity contribution >= 4 is 43.9 Å². The summed E-state index contributed by atoms with van der Waals surface area (Å²) >= 11 is 11.3. The number of hydrogen-bond acceptors (Lipinski definition) is 3. The lowest BCUT2D eigenvalue weighted by Crippen LogP contribution is -2.08. The van der Waals surface area contributed by atoms with Crippen LogP contribution < -0.4 is 0 Å². The number of rotatable bonds is 3. The van der Waals surface area contributed by atoms with Crippen LogP contribution in [0.15, 0.2) is 35.4 Å². The Morgan fingerprint density at radius 1 is 1.24 bits per heavy atom. The average molecular weight is 290 g/mol. The second-order valence-corrected chi connectivity index (χ2v) is 6.37. The van der Waals surface area contributed by atoms with Gasteiger partial charge in [0.25, 0.3) is 0 Å². The van der Waals surface area contributed by atoms with E-state index in [2.05, 4.69) is 4.98 Å². The summed E-state index contributed by atoms with van der Waals surface area (Å²) < 4.78 is 24.0. The second-order valence-electron chi connectivity index (χ2n) is 3.48. The minimum Gasteiger partial charge on any atom is -0.256 e. The molecule has 0 radical (unpaired) electrons. The molecular formula is C11H9Cl2NO2S. The molecular weight excluding hydrogens is 281 g/mol. The Hall–Kier alpha value is -0.840. The van der Waals surface area contributed by atoms with E-state index in [9.17, 15) is 8.42 Å². The van der Waals surface area contributed by atoms with Crippen LogP contribution in [0.3, 0.4) is 0 Å². The van der Waals surface area contributed by atoms with Gasteiger partial charge in [0.05, 0.1) is 16.2 Å². The molecule has 2 rings (SSSR count). The maximum atomic E-state index is 12.0. The highest BCUT2D eigenvalue weighted by Gasteiger charge is 2.17.